The second kappa shape index (κ2) is 3.84. The topological polar surface area (TPSA) is 45.8 Å². The van der Waals surface area contributed by atoms with Crippen LogP contribution in [0.3, 0.4) is 0 Å². The maximum absolute atomic E-state index is 13.0. The number of imidazole rings is 1. The van der Waals surface area contributed by atoms with Gasteiger partial charge in [-0.25, -0.2) is 13.8 Å². The monoisotopic (exact) mass is 222 g/mol. The molecule has 5 heteroatoms. The number of H-pyrrole nitrogens is 1. The third kappa shape index (κ3) is 1.71. The van der Waals surface area contributed by atoms with Gasteiger partial charge in [-0.2, -0.15) is 0 Å². The van der Waals surface area contributed by atoms with Crippen molar-refractivity contribution in [2.24, 2.45) is 0 Å². The second-order valence-corrected chi connectivity index (χ2v) is 3.39. The Hall–Kier alpha value is -2.04. The highest BCUT2D eigenvalue weighted by molar-refractivity contribution is 5.73. The number of halogens is 2. The molecule has 16 heavy (non-hydrogen) atoms. The van der Waals surface area contributed by atoms with Crippen LogP contribution in [0.5, 0.6) is 0 Å². The smallest absolute Gasteiger partial charge is 0.167 e. The molecule has 0 fully saturated rings. The van der Waals surface area contributed by atoms with Crippen molar-refractivity contribution in [2.45, 2.75) is 6.92 Å². The first-order valence-electron chi connectivity index (χ1n) is 4.58. The van der Waals surface area contributed by atoms with Gasteiger partial charge in [-0.15, -0.1) is 0 Å². The van der Waals surface area contributed by atoms with E-state index in [0.717, 1.165) is 12.1 Å². The molecular formula is C11H8F2N2O. The summed E-state index contributed by atoms with van der Waals surface area (Å²) in [6.07, 6.45) is 1.94. The molecule has 0 aliphatic carbocycles. The van der Waals surface area contributed by atoms with E-state index in [4.69, 9.17) is 0 Å². The highest BCUT2D eigenvalue weighted by Crippen LogP contribution is 2.23. The summed E-state index contributed by atoms with van der Waals surface area (Å²) in [6.45, 7) is 1.64. The molecule has 0 saturated heterocycles. The van der Waals surface area contributed by atoms with Crippen molar-refractivity contribution < 1.29 is 13.6 Å². The quantitative estimate of drug-likeness (QED) is 0.793. The number of benzene rings is 1. The number of rotatable bonds is 2. The van der Waals surface area contributed by atoms with Crippen LogP contribution in [0.2, 0.25) is 0 Å². The molecular weight excluding hydrogens is 214 g/mol. The van der Waals surface area contributed by atoms with Crippen molar-refractivity contribution in [2.75, 3.05) is 0 Å². The van der Waals surface area contributed by atoms with Crippen LogP contribution in [0.25, 0.3) is 11.4 Å². The number of aromatic amines is 1. The highest BCUT2D eigenvalue weighted by atomic mass is 19.2. The predicted molar refractivity (Wildman–Crippen MR) is 54.1 cm³/mol. The Morgan fingerprint density at radius 1 is 1.31 bits per heavy atom. The van der Waals surface area contributed by atoms with E-state index in [-0.39, 0.29) is 0 Å². The second-order valence-electron chi connectivity index (χ2n) is 3.39. The number of aldehydes is 1. The maximum Gasteiger partial charge on any atom is 0.167 e. The molecule has 1 aromatic carbocycles. The third-order valence-corrected chi connectivity index (χ3v) is 2.24. The average Bonchev–Trinajstić information content (AvgIpc) is 2.71. The molecule has 0 aliphatic rings. The Bertz CT molecular complexity index is 549. The van der Waals surface area contributed by atoms with Gasteiger partial charge in [0.1, 0.15) is 5.82 Å². The third-order valence-electron chi connectivity index (χ3n) is 2.24. The van der Waals surface area contributed by atoms with Crippen molar-refractivity contribution >= 4 is 6.29 Å². The van der Waals surface area contributed by atoms with Crippen LogP contribution in [-0.4, -0.2) is 16.3 Å². The van der Waals surface area contributed by atoms with Crippen molar-refractivity contribution in [1.29, 1.82) is 0 Å². The lowest BCUT2D eigenvalue weighted by molar-refractivity contribution is 0.111. The maximum atomic E-state index is 13.0. The van der Waals surface area contributed by atoms with Crippen molar-refractivity contribution in [1.82, 2.24) is 9.97 Å². The van der Waals surface area contributed by atoms with Gasteiger partial charge in [0.25, 0.3) is 0 Å². The normalized spacial score (nSPS) is 10.4. The lowest BCUT2D eigenvalue weighted by Crippen LogP contribution is -1.92. The molecule has 0 amide bonds. The number of aryl methyl sites for hydroxylation is 1. The van der Waals surface area contributed by atoms with Gasteiger partial charge >= 0.3 is 0 Å². The van der Waals surface area contributed by atoms with E-state index in [2.05, 4.69) is 9.97 Å². The Labute approximate surface area is 90.1 Å². The van der Waals surface area contributed by atoms with Crippen molar-refractivity contribution in [3.63, 3.8) is 0 Å². The molecule has 2 aromatic rings. The molecule has 0 spiro atoms. The van der Waals surface area contributed by atoms with Gasteiger partial charge in [-0.05, 0) is 24.6 Å². The largest absolute Gasteiger partial charge is 0.336 e. The summed E-state index contributed by atoms with van der Waals surface area (Å²) in [5, 5.41) is 0. The number of hydrogen-bond acceptors (Lipinski definition) is 2. The molecule has 1 heterocycles. The van der Waals surface area contributed by atoms with Crippen LogP contribution in [-0.2, 0) is 0 Å². The zero-order valence-corrected chi connectivity index (χ0v) is 8.42. The summed E-state index contributed by atoms with van der Waals surface area (Å²) in [7, 11) is 0. The van der Waals surface area contributed by atoms with Gasteiger partial charge in [-0.1, -0.05) is 0 Å². The Morgan fingerprint density at radius 2 is 2.00 bits per heavy atom. The summed E-state index contributed by atoms with van der Waals surface area (Å²) in [6, 6.07) is 2.14. The first-order chi connectivity index (χ1) is 7.61. The molecule has 1 N–H and O–H groups in total. The Kier molecular flexibility index (Phi) is 2.52. The van der Waals surface area contributed by atoms with Gasteiger partial charge in [0.15, 0.2) is 17.9 Å². The molecule has 1 aromatic heterocycles. The van der Waals surface area contributed by atoms with E-state index in [1.807, 2.05) is 0 Å². The average molecular weight is 222 g/mol. The first kappa shape index (κ1) is 10.5. The minimum Gasteiger partial charge on any atom is -0.336 e. The summed E-state index contributed by atoms with van der Waals surface area (Å²) in [5.74, 6) is -1.49. The lowest BCUT2D eigenvalue weighted by Gasteiger charge is -2.03. The van der Waals surface area contributed by atoms with E-state index < -0.39 is 11.6 Å². The number of nitrogens with one attached hydrogen (secondary N) is 1. The lowest BCUT2D eigenvalue weighted by atomic mass is 10.1. The standard InChI is InChI=1S/C11H8F2N2O/c1-6-2-9(12)10(13)3-8(6)11-14-4-7(5-16)15-11/h2-5H,1H3,(H,14,15). The van der Waals surface area contributed by atoms with E-state index in [9.17, 15) is 13.6 Å². The zero-order chi connectivity index (χ0) is 11.7. The number of hydrogen-bond donors (Lipinski definition) is 1. The summed E-state index contributed by atoms with van der Waals surface area (Å²) >= 11 is 0. The van der Waals surface area contributed by atoms with E-state index >= 15 is 0 Å². The molecule has 0 radical (unpaired) electrons. The fourth-order valence-corrected chi connectivity index (χ4v) is 1.43. The molecule has 0 bridgehead atoms. The van der Waals surface area contributed by atoms with E-state index in [0.29, 0.717) is 28.9 Å². The minimum atomic E-state index is -0.940. The van der Waals surface area contributed by atoms with E-state index in [1.165, 1.54) is 6.20 Å². The number of carbonyl (C=O) groups excluding carboxylic acids is 1. The Balaban J connectivity index is 2.55. The molecule has 3 nitrogen and oxygen atoms in total. The minimum absolute atomic E-state index is 0.291. The number of carbonyl (C=O) groups is 1. The first-order valence-corrected chi connectivity index (χ1v) is 4.58. The summed E-state index contributed by atoms with van der Waals surface area (Å²) < 4.78 is 25.9. The molecule has 0 saturated carbocycles. The highest BCUT2D eigenvalue weighted by Gasteiger charge is 2.11. The van der Waals surface area contributed by atoms with Crippen LogP contribution in [0.4, 0.5) is 8.78 Å². The fourth-order valence-electron chi connectivity index (χ4n) is 1.43. The molecule has 0 aliphatic heterocycles. The SMILES string of the molecule is Cc1cc(F)c(F)cc1-c1ncc(C=O)[nH]1. The van der Waals surface area contributed by atoms with Crippen LogP contribution in [0, 0.1) is 18.6 Å². The molecule has 0 unspecified atom stereocenters. The van der Waals surface area contributed by atoms with Gasteiger partial charge in [0.05, 0.1) is 11.9 Å². The fraction of sp³-hybridized carbons (Fsp3) is 0.0909. The summed E-state index contributed by atoms with van der Waals surface area (Å²) in [5.41, 5.74) is 1.27. The van der Waals surface area contributed by atoms with E-state index in [1.54, 1.807) is 6.92 Å². The number of aromatic nitrogens is 2. The molecule has 2 rings (SSSR count). The predicted octanol–water partition coefficient (Wildman–Crippen LogP) is 2.48. The van der Waals surface area contributed by atoms with Crippen LogP contribution in [0.1, 0.15) is 16.1 Å². The van der Waals surface area contributed by atoms with Gasteiger partial charge < -0.3 is 4.98 Å². The van der Waals surface area contributed by atoms with Crippen LogP contribution < -0.4 is 0 Å². The molecule has 0 atom stereocenters. The molecule has 82 valence electrons. The summed E-state index contributed by atoms with van der Waals surface area (Å²) in [4.78, 5) is 17.1. The van der Waals surface area contributed by atoms with Crippen LogP contribution in [0.15, 0.2) is 18.3 Å². The zero-order valence-electron chi connectivity index (χ0n) is 8.42. The van der Waals surface area contributed by atoms with Crippen molar-refractivity contribution in [3.8, 4) is 11.4 Å². The van der Waals surface area contributed by atoms with Gasteiger partial charge in [0.2, 0.25) is 0 Å². The van der Waals surface area contributed by atoms with Crippen molar-refractivity contribution in [3.05, 3.63) is 41.2 Å². The van der Waals surface area contributed by atoms with Gasteiger partial charge in [-0.3, -0.25) is 4.79 Å². The number of nitrogens with zero attached hydrogens (tertiary/aromatic N) is 1. The Morgan fingerprint density at radius 3 is 2.62 bits per heavy atom. The van der Waals surface area contributed by atoms with Crippen LogP contribution >= 0.6 is 0 Å². The van der Waals surface area contributed by atoms with Gasteiger partial charge in [0, 0.05) is 5.56 Å².